The first kappa shape index (κ1) is 10.1. The van der Waals surface area contributed by atoms with E-state index in [1.54, 1.807) is 0 Å². The van der Waals surface area contributed by atoms with Crippen LogP contribution in [-0.2, 0) is 0 Å². The smallest absolute Gasteiger partial charge is 0.375 e. The normalized spacial score (nSPS) is 10.6. The van der Waals surface area contributed by atoms with Gasteiger partial charge in [-0.15, -0.1) is 0 Å². The fraction of sp³-hybridized carbons (Fsp3) is 0. The van der Waals surface area contributed by atoms with Gasteiger partial charge in [-0.2, -0.15) is 0 Å². The highest BCUT2D eigenvalue weighted by Crippen LogP contribution is 2.29. The minimum absolute atomic E-state index is 0.00750. The van der Waals surface area contributed by atoms with Crippen LogP contribution in [0.3, 0.4) is 0 Å². The summed E-state index contributed by atoms with van der Waals surface area (Å²) in [6.45, 7) is 0. The van der Waals surface area contributed by atoms with Crippen molar-refractivity contribution < 1.29 is 14.4 Å². The Morgan fingerprint density at radius 3 is 2.75 bits per heavy atom. The van der Waals surface area contributed by atoms with E-state index in [2.05, 4.69) is 4.98 Å². The van der Waals surface area contributed by atoms with E-state index in [1.165, 1.54) is 0 Å². The van der Waals surface area contributed by atoms with E-state index in [0.717, 1.165) is 18.2 Å². The summed E-state index contributed by atoms with van der Waals surface area (Å²) >= 11 is 0. The zero-order valence-corrected chi connectivity index (χ0v) is 7.73. The summed E-state index contributed by atoms with van der Waals surface area (Å²) in [6, 6.07) is 3.16. The molecule has 1 heterocycles. The molecule has 0 spiro atoms. The molecule has 1 aromatic heterocycles. The topological polar surface area (TPSA) is 96.2 Å². The molecule has 0 radical (unpaired) electrons. The largest absolute Gasteiger partial charge is 0.501 e. The van der Waals surface area contributed by atoms with Gasteiger partial charge in [0.2, 0.25) is 5.75 Å². The Morgan fingerprint density at radius 1 is 1.44 bits per heavy atom. The van der Waals surface area contributed by atoms with Crippen molar-refractivity contribution in [2.75, 3.05) is 0 Å². The van der Waals surface area contributed by atoms with Gasteiger partial charge in [-0.25, -0.2) is 4.39 Å². The van der Waals surface area contributed by atoms with Crippen LogP contribution >= 0.6 is 0 Å². The number of halogens is 1. The molecule has 0 saturated heterocycles. The Hall–Kier alpha value is -2.44. The molecule has 6 nitrogen and oxygen atoms in total. The number of hydrogen-bond acceptors (Lipinski definition) is 4. The van der Waals surface area contributed by atoms with Gasteiger partial charge in [-0.1, -0.05) is 0 Å². The molecule has 16 heavy (non-hydrogen) atoms. The number of nitro groups is 1. The second-order valence-corrected chi connectivity index (χ2v) is 3.10. The Balaban J connectivity index is 2.94. The van der Waals surface area contributed by atoms with E-state index >= 15 is 0 Å². The van der Waals surface area contributed by atoms with E-state index in [9.17, 15) is 24.4 Å². The van der Waals surface area contributed by atoms with Gasteiger partial charge in [0.1, 0.15) is 5.82 Å². The third kappa shape index (κ3) is 1.38. The highest BCUT2D eigenvalue weighted by molar-refractivity contribution is 5.87. The first-order valence-electron chi connectivity index (χ1n) is 4.19. The summed E-state index contributed by atoms with van der Waals surface area (Å²) in [4.78, 5) is 22.9. The maximum Gasteiger partial charge on any atom is 0.375 e. The lowest BCUT2D eigenvalue weighted by Crippen LogP contribution is -2.11. The van der Waals surface area contributed by atoms with Gasteiger partial charge in [-0.05, 0) is 18.2 Å². The maximum atomic E-state index is 12.8. The number of nitrogens with one attached hydrogen (secondary N) is 1. The van der Waals surface area contributed by atoms with Crippen molar-refractivity contribution in [3.8, 4) is 5.75 Å². The van der Waals surface area contributed by atoms with Gasteiger partial charge in [0, 0.05) is 5.39 Å². The van der Waals surface area contributed by atoms with Crippen molar-refractivity contribution in [3.63, 3.8) is 0 Å². The van der Waals surface area contributed by atoms with Crippen molar-refractivity contribution in [1.29, 1.82) is 0 Å². The van der Waals surface area contributed by atoms with Crippen LogP contribution in [-0.4, -0.2) is 15.0 Å². The molecule has 7 heteroatoms. The molecule has 82 valence electrons. The number of rotatable bonds is 1. The molecule has 1 aromatic carbocycles. The predicted molar refractivity (Wildman–Crippen MR) is 52.8 cm³/mol. The van der Waals surface area contributed by atoms with Crippen LogP contribution in [0.25, 0.3) is 10.9 Å². The molecule has 0 bridgehead atoms. The number of aromatic nitrogens is 1. The Kier molecular flexibility index (Phi) is 2.08. The van der Waals surface area contributed by atoms with Crippen LogP contribution in [0.1, 0.15) is 0 Å². The van der Waals surface area contributed by atoms with Crippen LogP contribution in [0.4, 0.5) is 10.1 Å². The lowest BCUT2D eigenvalue weighted by Gasteiger charge is -2.01. The summed E-state index contributed by atoms with van der Waals surface area (Å²) in [6.07, 6.45) is 0. The highest BCUT2D eigenvalue weighted by Gasteiger charge is 2.22. The number of H-pyrrole nitrogens is 1. The van der Waals surface area contributed by atoms with E-state index in [1.807, 2.05) is 0 Å². The fourth-order valence-electron chi connectivity index (χ4n) is 1.41. The Bertz CT molecular complexity index is 650. The number of fused-ring (bicyclic) bond motifs is 1. The number of hydrogen-bond donors (Lipinski definition) is 2. The number of benzene rings is 1. The van der Waals surface area contributed by atoms with Crippen molar-refractivity contribution in [1.82, 2.24) is 4.98 Å². The van der Waals surface area contributed by atoms with Crippen molar-refractivity contribution in [2.45, 2.75) is 0 Å². The zero-order valence-electron chi connectivity index (χ0n) is 7.73. The third-order valence-corrected chi connectivity index (χ3v) is 2.11. The van der Waals surface area contributed by atoms with E-state index in [4.69, 9.17) is 0 Å². The van der Waals surface area contributed by atoms with E-state index in [0.29, 0.717) is 0 Å². The average Bonchev–Trinajstić information content (AvgIpc) is 2.15. The molecule has 0 unspecified atom stereocenters. The second-order valence-electron chi connectivity index (χ2n) is 3.10. The summed E-state index contributed by atoms with van der Waals surface area (Å²) in [7, 11) is 0. The molecule has 2 rings (SSSR count). The highest BCUT2D eigenvalue weighted by atomic mass is 19.1. The van der Waals surface area contributed by atoms with Gasteiger partial charge in [0.05, 0.1) is 10.4 Å². The maximum absolute atomic E-state index is 12.8. The summed E-state index contributed by atoms with van der Waals surface area (Å²) in [5.41, 5.74) is -2.01. The Labute approximate surface area is 87.1 Å². The molecule has 0 amide bonds. The van der Waals surface area contributed by atoms with E-state index < -0.39 is 27.7 Å². The summed E-state index contributed by atoms with van der Waals surface area (Å²) in [5, 5.41) is 20.0. The average molecular weight is 224 g/mol. The minimum atomic E-state index is -1.07. The number of aromatic amines is 1. The number of aromatic hydroxyl groups is 1. The molecule has 0 aliphatic carbocycles. The molecular weight excluding hydrogens is 219 g/mol. The predicted octanol–water partition coefficient (Wildman–Crippen LogP) is 1.28. The van der Waals surface area contributed by atoms with Crippen LogP contribution in [0.15, 0.2) is 23.0 Å². The minimum Gasteiger partial charge on any atom is -0.501 e. The molecule has 0 aliphatic rings. The molecule has 2 N–H and O–H groups in total. The summed E-state index contributed by atoms with van der Waals surface area (Å²) in [5.74, 6) is -1.37. The first-order valence-corrected chi connectivity index (χ1v) is 4.19. The molecule has 0 atom stereocenters. The molecule has 0 fully saturated rings. The van der Waals surface area contributed by atoms with E-state index in [-0.39, 0.29) is 10.9 Å². The zero-order chi connectivity index (χ0) is 11.9. The van der Waals surface area contributed by atoms with Gasteiger partial charge >= 0.3 is 11.2 Å². The van der Waals surface area contributed by atoms with Crippen LogP contribution in [0.5, 0.6) is 5.75 Å². The third-order valence-electron chi connectivity index (χ3n) is 2.11. The van der Waals surface area contributed by atoms with Gasteiger partial charge in [0.15, 0.2) is 0 Å². The van der Waals surface area contributed by atoms with Crippen molar-refractivity contribution >= 4 is 16.6 Å². The summed E-state index contributed by atoms with van der Waals surface area (Å²) < 4.78 is 12.8. The number of pyridine rings is 1. The Morgan fingerprint density at radius 2 is 2.12 bits per heavy atom. The lowest BCUT2D eigenvalue weighted by molar-refractivity contribution is -0.387. The second kappa shape index (κ2) is 3.30. The molecular formula is C9H5FN2O4. The quantitative estimate of drug-likeness (QED) is 0.563. The fourth-order valence-corrected chi connectivity index (χ4v) is 1.41. The SMILES string of the molecule is O=c1[nH]c2cc(F)ccc2c(O)c1[N+](=O)[O-]. The monoisotopic (exact) mass is 224 g/mol. The molecule has 2 aromatic rings. The first-order chi connectivity index (χ1) is 7.50. The number of nitrogens with zero attached hydrogens (tertiary/aromatic N) is 1. The van der Waals surface area contributed by atoms with Gasteiger partial charge in [-0.3, -0.25) is 14.9 Å². The van der Waals surface area contributed by atoms with Crippen LogP contribution in [0, 0.1) is 15.9 Å². The standard InChI is InChI=1S/C9H5FN2O4/c10-4-1-2-5-6(3-4)11-9(14)7(8(5)13)12(15)16/h1-3H,(H2,11,13,14). The molecule has 0 aliphatic heterocycles. The lowest BCUT2D eigenvalue weighted by atomic mass is 10.2. The van der Waals surface area contributed by atoms with Crippen molar-refractivity contribution in [2.24, 2.45) is 0 Å². The van der Waals surface area contributed by atoms with Crippen molar-refractivity contribution in [3.05, 3.63) is 44.5 Å². The van der Waals surface area contributed by atoms with Gasteiger partial charge < -0.3 is 10.1 Å². The van der Waals surface area contributed by atoms with Crippen LogP contribution < -0.4 is 5.56 Å². The molecule has 0 saturated carbocycles. The van der Waals surface area contributed by atoms with Crippen LogP contribution in [0.2, 0.25) is 0 Å². The van der Waals surface area contributed by atoms with Gasteiger partial charge in [0.25, 0.3) is 0 Å².